The number of aromatic nitrogens is 1. The van der Waals surface area contributed by atoms with Crippen LogP contribution in [-0.4, -0.2) is 4.57 Å². The molecule has 3 rings (SSSR count). The number of aryl methyl sites for hydroxylation is 1. The third-order valence-electron chi connectivity index (χ3n) is 3.18. The van der Waals surface area contributed by atoms with Crippen molar-refractivity contribution in [3.8, 4) is 11.3 Å². The first-order valence-corrected chi connectivity index (χ1v) is 6.46. The molecular formula is C15H11BrFN. The second-order valence-corrected chi connectivity index (χ2v) is 5.10. The van der Waals surface area contributed by atoms with Gasteiger partial charge in [0.05, 0.1) is 10.2 Å². The molecule has 1 aromatic heterocycles. The zero-order chi connectivity index (χ0) is 12.7. The predicted octanol–water partition coefficient (Wildman–Crippen LogP) is 4.75. The van der Waals surface area contributed by atoms with E-state index in [0.717, 1.165) is 16.6 Å². The van der Waals surface area contributed by atoms with Crippen molar-refractivity contribution in [3.05, 3.63) is 58.8 Å². The van der Waals surface area contributed by atoms with Gasteiger partial charge in [0.2, 0.25) is 0 Å². The van der Waals surface area contributed by atoms with Crippen molar-refractivity contribution in [1.29, 1.82) is 0 Å². The molecule has 0 aliphatic carbocycles. The Morgan fingerprint density at radius 3 is 2.61 bits per heavy atom. The van der Waals surface area contributed by atoms with E-state index in [-0.39, 0.29) is 5.82 Å². The van der Waals surface area contributed by atoms with Crippen LogP contribution in [0.5, 0.6) is 0 Å². The molecule has 0 atom stereocenters. The molecule has 0 aliphatic heterocycles. The quantitative estimate of drug-likeness (QED) is 0.611. The summed E-state index contributed by atoms with van der Waals surface area (Å²) in [6.07, 6.45) is 0. The van der Waals surface area contributed by atoms with E-state index in [1.54, 1.807) is 12.1 Å². The number of nitrogens with zero attached hydrogens (tertiary/aromatic N) is 1. The summed E-state index contributed by atoms with van der Waals surface area (Å²) in [7, 11) is 1.96. The van der Waals surface area contributed by atoms with Crippen LogP contribution in [0.25, 0.3) is 22.2 Å². The van der Waals surface area contributed by atoms with Crippen molar-refractivity contribution in [3.63, 3.8) is 0 Å². The average molecular weight is 304 g/mol. The van der Waals surface area contributed by atoms with E-state index in [1.165, 1.54) is 0 Å². The summed E-state index contributed by atoms with van der Waals surface area (Å²) in [6, 6.07) is 15.4. The molecule has 0 spiro atoms. The van der Waals surface area contributed by atoms with Gasteiger partial charge in [0.15, 0.2) is 0 Å². The minimum Gasteiger partial charge on any atom is -0.344 e. The van der Waals surface area contributed by atoms with E-state index >= 15 is 0 Å². The Morgan fingerprint density at radius 1 is 1.06 bits per heavy atom. The highest BCUT2D eigenvalue weighted by atomic mass is 79.9. The van der Waals surface area contributed by atoms with Crippen LogP contribution in [0, 0.1) is 5.82 Å². The van der Waals surface area contributed by atoms with Gasteiger partial charge in [0.1, 0.15) is 5.82 Å². The molecule has 0 aliphatic rings. The van der Waals surface area contributed by atoms with Crippen LogP contribution < -0.4 is 0 Å². The van der Waals surface area contributed by atoms with E-state index in [1.807, 2.05) is 48.0 Å². The van der Waals surface area contributed by atoms with Crippen molar-refractivity contribution in [2.75, 3.05) is 0 Å². The van der Waals surface area contributed by atoms with Gasteiger partial charge in [-0.2, -0.15) is 0 Å². The molecule has 0 radical (unpaired) electrons. The second kappa shape index (κ2) is 4.25. The van der Waals surface area contributed by atoms with Crippen LogP contribution in [0.3, 0.4) is 0 Å². The van der Waals surface area contributed by atoms with E-state index in [2.05, 4.69) is 15.9 Å². The normalized spacial score (nSPS) is 11.1. The number of hydrogen-bond donors (Lipinski definition) is 0. The number of benzene rings is 2. The van der Waals surface area contributed by atoms with Gasteiger partial charge in [-0.15, -0.1) is 0 Å². The fourth-order valence-corrected chi connectivity index (χ4v) is 2.62. The number of rotatable bonds is 1. The van der Waals surface area contributed by atoms with Crippen molar-refractivity contribution >= 4 is 26.8 Å². The Kier molecular flexibility index (Phi) is 2.71. The summed E-state index contributed by atoms with van der Waals surface area (Å²) in [5.41, 5.74) is 2.60. The number of fused-ring (bicyclic) bond motifs is 1. The van der Waals surface area contributed by atoms with Crippen molar-refractivity contribution in [2.45, 2.75) is 0 Å². The second-order valence-electron chi connectivity index (χ2n) is 4.25. The lowest BCUT2D eigenvalue weighted by Crippen LogP contribution is -1.93. The third-order valence-corrected chi connectivity index (χ3v) is 3.79. The Morgan fingerprint density at radius 2 is 1.83 bits per heavy atom. The lowest BCUT2D eigenvalue weighted by atomic mass is 10.1. The molecule has 1 heterocycles. The van der Waals surface area contributed by atoms with Crippen LogP contribution in [0.1, 0.15) is 0 Å². The van der Waals surface area contributed by atoms with Gasteiger partial charge in [-0.25, -0.2) is 4.39 Å². The van der Waals surface area contributed by atoms with Crippen LogP contribution >= 0.6 is 15.9 Å². The maximum atomic E-state index is 14.1. The predicted molar refractivity (Wildman–Crippen MR) is 76.0 cm³/mol. The fraction of sp³-hybridized carbons (Fsp3) is 0.0667. The smallest absolute Gasteiger partial charge is 0.146 e. The molecule has 0 saturated carbocycles. The van der Waals surface area contributed by atoms with Crippen LogP contribution in [0.15, 0.2) is 53.0 Å². The summed E-state index contributed by atoms with van der Waals surface area (Å²) >= 11 is 3.23. The van der Waals surface area contributed by atoms with E-state index in [9.17, 15) is 4.39 Å². The summed E-state index contributed by atoms with van der Waals surface area (Å²) in [6.45, 7) is 0. The SMILES string of the molecule is Cn1c(-c2cccc(Br)c2F)cc2ccccc21. The van der Waals surface area contributed by atoms with Gasteiger partial charge < -0.3 is 4.57 Å². The maximum Gasteiger partial charge on any atom is 0.146 e. The van der Waals surface area contributed by atoms with Gasteiger partial charge in [0, 0.05) is 23.5 Å². The Hall–Kier alpha value is -1.61. The molecule has 3 heteroatoms. The molecule has 18 heavy (non-hydrogen) atoms. The lowest BCUT2D eigenvalue weighted by molar-refractivity contribution is 0.623. The van der Waals surface area contributed by atoms with Crippen molar-refractivity contribution < 1.29 is 4.39 Å². The molecular weight excluding hydrogens is 293 g/mol. The largest absolute Gasteiger partial charge is 0.344 e. The zero-order valence-corrected chi connectivity index (χ0v) is 11.4. The van der Waals surface area contributed by atoms with Crippen LogP contribution in [0.4, 0.5) is 4.39 Å². The molecule has 90 valence electrons. The van der Waals surface area contributed by atoms with Gasteiger partial charge in [-0.05, 0) is 40.2 Å². The van der Waals surface area contributed by atoms with E-state index in [4.69, 9.17) is 0 Å². The Balaban J connectivity index is 2.32. The van der Waals surface area contributed by atoms with Gasteiger partial charge in [-0.1, -0.05) is 24.3 Å². The van der Waals surface area contributed by atoms with Crippen molar-refractivity contribution in [2.24, 2.45) is 7.05 Å². The number of para-hydroxylation sites is 1. The third kappa shape index (κ3) is 1.66. The number of hydrogen-bond acceptors (Lipinski definition) is 0. The summed E-state index contributed by atoms with van der Waals surface area (Å²) < 4.78 is 16.6. The monoisotopic (exact) mass is 303 g/mol. The van der Waals surface area contributed by atoms with Gasteiger partial charge >= 0.3 is 0 Å². The first kappa shape index (κ1) is 11.5. The molecule has 0 fully saturated rings. The first-order valence-electron chi connectivity index (χ1n) is 5.67. The minimum atomic E-state index is -0.219. The Labute approximate surface area is 113 Å². The summed E-state index contributed by atoms with van der Waals surface area (Å²) in [4.78, 5) is 0. The highest BCUT2D eigenvalue weighted by Crippen LogP contribution is 2.31. The molecule has 1 nitrogen and oxygen atoms in total. The molecule has 0 amide bonds. The first-order chi connectivity index (χ1) is 8.68. The summed E-state index contributed by atoms with van der Waals surface area (Å²) in [5.74, 6) is -0.219. The van der Waals surface area contributed by atoms with Gasteiger partial charge in [0.25, 0.3) is 0 Å². The number of halogens is 2. The molecule has 2 aromatic carbocycles. The minimum absolute atomic E-state index is 0.219. The fourth-order valence-electron chi connectivity index (χ4n) is 2.25. The van der Waals surface area contributed by atoms with E-state index < -0.39 is 0 Å². The van der Waals surface area contributed by atoms with Gasteiger partial charge in [-0.3, -0.25) is 0 Å². The molecule has 0 bridgehead atoms. The maximum absolute atomic E-state index is 14.1. The van der Waals surface area contributed by atoms with Crippen LogP contribution in [0.2, 0.25) is 0 Å². The zero-order valence-electron chi connectivity index (χ0n) is 9.82. The highest BCUT2D eigenvalue weighted by Gasteiger charge is 2.13. The van der Waals surface area contributed by atoms with Crippen molar-refractivity contribution in [1.82, 2.24) is 4.57 Å². The topological polar surface area (TPSA) is 4.93 Å². The molecule has 0 unspecified atom stereocenters. The summed E-state index contributed by atoms with van der Waals surface area (Å²) in [5, 5.41) is 1.12. The Bertz CT molecular complexity index is 730. The standard InChI is InChI=1S/C15H11BrFN/c1-18-13-8-3-2-5-10(13)9-14(18)11-6-4-7-12(16)15(11)17/h2-9H,1H3. The lowest BCUT2D eigenvalue weighted by Gasteiger charge is -2.06. The van der Waals surface area contributed by atoms with Crippen LogP contribution in [-0.2, 0) is 7.05 Å². The molecule has 0 N–H and O–H groups in total. The molecule has 3 aromatic rings. The molecule has 0 saturated heterocycles. The average Bonchev–Trinajstić information content (AvgIpc) is 2.71. The highest BCUT2D eigenvalue weighted by molar-refractivity contribution is 9.10. The van der Waals surface area contributed by atoms with E-state index in [0.29, 0.717) is 10.0 Å².